The number of carbonyl (C=O) groups excluding carboxylic acids is 1. The van der Waals surface area contributed by atoms with E-state index in [2.05, 4.69) is 24.8 Å². The molecule has 3 aromatic carbocycles. The first kappa shape index (κ1) is 22.3. The lowest BCUT2D eigenvalue weighted by Gasteiger charge is -2.29. The first-order chi connectivity index (χ1) is 14.7. The minimum absolute atomic E-state index is 0.293. The normalized spacial score (nSPS) is 12.2. The van der Waals surface area contributed by atoms with Crippen molar-refractivity contribution in [1.29, 1.82) is 0 Å². The van der Waals surface area contributed by atoms with Crippen LogP contribution in [-0.2, 0) is 9.53 Å². The Morgan fingerprint density at radius 1 is 0.903 bits per heavy atom. The first-order valence-corrected chi connectivity index (χ1v) is 10.1. The number of rotatable bonds is 7. The Kier molecular flexibility index (Phi) is 6.62. The van der Waals surface area contributed by atoms with Gasteiger partial charge in [-0.05, 0) is 66.8 Å². The van der Waals surface area contributed by atoms with Crippen LogP contribution in [0.25, 0.3) is 22.3 Å². The second-order valence-corrected chi connectivity index (χ2v) is 8.15. The summed E-state index contributed by atoms with van der Waals surface area (Å²) in [5.41, 5.74) is 4.08. The maximum atomic E-state index is 12.0. The van der Waals surface area contributed by atoms with Gasteiger partial charge in [0.15, 0.2) is 6.10 Å². The van der Waals surface area contributed by atoms with Gasteiger partial charge in [-0.1, -0.05) is 61.2 Å². The summed E-state index contributed by atoms with van der Waals surface area (Å²) < 4.78 is 10.7. The SMILES string of the molecule is C=C(C)C(=O)OC(c1ccc(-c2cccc(-c3ccc(OC)cc3)c2)cc1)C(C)(C)O. The van der Waals surface area contributed by atoms with Gasteiger partial charge in [-0.2, -0.15) is 0 Å². The average Bonchev–Trinajstić information content (AvgIpc) is 2.76. The molecule has 0 amide bonds. The Morgan fingerprint density at radius 3 is 1.87 bits per heavy atom. The summed E-state index contributed by atoms with van der Waals surface area (Å²) in [5, 5.41) is 10.5. The average molecular weight is 417 g/mol. The highest BCUT2D eigenvalue weighted by Crippen LogP contribution is 2.33. The van der Waals surface area contributed by atoms with Crippen LogP contribution in [0.2, 0.25) is 0 Å². The molecule has 0 aliphatic carbocycles. The predicted octanol–water partition coefficient (Wildman–Crippen LogP) is 5.96. The van der Waals surface area contributed by atoms with Crippen LogP contribution < -0.4 is 4.74 Å². The fourth-order valence-corrected chi connectivity index (χ4v) is 3.34. The van der Waals surface area contributed by atoms with Gasteiger partial charge in [-0.15, -0.1) is 0 Å². The Hall–Kier alpha value is -3.37. The number of aliphatic hydroxyl groups is 1. The summed E-state index contributed by atoms with van der Waals surface area (Å²) in [6, 6.07) is 23.9. The lowest BCUT2D eigenvalue weighted by Crippen LogP contribution is -2.32. The Labute approximate surface area is 183 Å². The molecule has 1 unspecified atom stereocenters. The van der Waals surface area contributed by atoms with E-state index in [0.29, 0.717) is 5.57 Å². The van der Waals surface area contributed by atoms with Crippen molar-refractivity contribution in [2.24, 2.45) is 0 Å². The summed E-state index contributed by atoms with van der Waals surface area (Å²) in [4.78, 5) is 12.0. The molecule has 4 heteroatoms. The third-order valence-electron chi connectivity index (χ3n) is 5.05. The van der Waals surface area contributed by atoms with Crippen LogP contribution in [0.1, 0.15) is 32.4 Å². The number of carbonyl (C=O) groups is 1. The zero-order valence-corrected chi connectivity index (χ0v) is 18.4. The maximum Gasteiger partial charge on any atom is 0.333 e. The van der Waals surface area contributed by atoms with E-state index in [-0.39, 0.29) is 0 Å². The van der Waals surface area contributed by atoms with Gasteiger partial charge in [0.1, 0.15) is 11.4 Å². The summed E-state index contributed by atoms with van der Waals surface area (Å²) in [7, 11) is 1.65. The summed E-state index contributed by atoms with van der Waals surface area (Å²) in [5.74, 6) is 0.299. The summed E-state index contributed by atoms with van der Waals surface area (Å²) >= 11 is 0. The van der Waals surface area contributed by atoms with E-state index >= 15 is 0 Å². The van der Waals surface area contributed by atoms with Crippen molar-refractivity contribution in [3.8, 4) is 28.0 Å². The first-order valence-electron chi connectivity index (χ1n) is 10.1. The molecule has 1 atom stereocenters. The van der Waals surface area contributed by atoms with Crippen molar-refractivity contribution >= 4 is 5.97 Å². The van der Waals surface area contributed by atoms with Crippen LogP contribution in [0.15, 0.2) is 84.9 Å². The van der Waals surface area contributed by atoms with Gasteiger partial charge in [-0.3, -0.25) is 0 Å². The highest BCUT2D eigenvalue weighted by molar-refractivity contribution is 5.87. The number of ether oxygens (including phenoxy) is 2. The van der Waals surface area contributed by atoms with Gasteiger partial charge in [0, 0.05) is 5.57 Å². The number of esters is 1. The monoisotopic (exact) mass is 416 g/mol. The number of benzene rings is 3. The maximum absolute atomic E-state index is 12.0. The summed E-state index contributed by atoms with van der Waals surface area (Å²) in [6.07, 6.45) is -0.795. The molecule has 0 heterocycles. The summed E-state index contributed by atoms with van der Waals surface area (Å²) in [6.45, 7) is 8.44. The molecule has 1 N–H and O–H groups in total. The third kappa shape index (κ3) is 5.41. The Morgan fingerprint density at radius 2 is 1.42 bits per heavy atom. The topological polar surface area (TPSA) is 55.8 Å². The smallest absolute Gasteiger partial charge is 0.333 e. The van der Waals surface area contributed by atoms with E-state index in [1.807, 2.05) is 54.6 Å². The number of hydrogen-bond acceptors (Lipinski definition) is 4. The van der Waals surface area contributed by atoms with Crippen LogP contribution in [0.4, 0.5) is 0 Å². The molecule has 0 saturated carbocycles. The van der Waals surface area contributed by atoms with Crippen LogP contribution >= 0.6 is 0 Å². The zero-order chi connectivity index (χ0) is 22.6. The molecule has 0 bridgehead atoms. The molecule has 0 fully saturated rings. The highest BCUT2D eigenvalue weighted by atomic mass is 16.6. The van der Waals surface area contributed by atoms with E-state index in [1.54, 1.807) is 27.9 Å². The van der Waals surface area contributed by atoms with Gasteiger partial charge in [0.25, 0.3) is 0 Å². The van der Waals surface area contributed by atoms with E-state index in [0.717, 1.165) is 33.6 Å². The second kappa shape index (κ2) is 9.19. The molecule has 0 aliphatic heterocycles. The Balaban J connectivity index is 1.88. The molecule has 0 saturated heterocycles. The second-order valence-electron chi connectivity index (χ2n) is 8.15. The molecule has 4 nitrogen and oxygen atoms in total. The van der Waals surface area contributed by atoms with Crippen molar-refractivity contribution in [3.63, 3.8) is 0 Å². The van der Waals surface area contributed by atoms with Gasteiger partial charge in [-0.25, -0.2) is 4.79 Å². The van der Waals surface area contributed by atoms with Gasteiger partial charge in [0.2, 0.25) is 0 Å². The zero-order valence-electron chi connectivity index (χ0n) is 18.4. The molecule has 0 aromatic heterocycles. The minimum atomic E-state index is -1.24. The number of methoxy groups -OCH3 is 1. The van der Waals surface area contributed by atoms with Crippen molar-refractivity contribution in [2.45, 2.75) is 32.5 Å². The molecule has 0 aliphatic rings. The quantitative estimate of drug-likeness (QED) is 0.381. The lowest BCUT2D eigenvalue weighted by molar-refractivity contribution is -0.158. The molecule has 160 valence electrons. The van der Waals surface area contributed by atoms with Crippen LogP contribution in [0.5, 0.6) is 5.75 Å². The fraction of sp³-hybridized carbons (Fsp3) is 0.222. The molecule has 31 heavy (non-hydrogen) atoms. The van der Waals surface area contributed by atoms with Crippen molar-refractivity contribution in [1.82, 2.24) is 0 Å². The molecule has 0 radical (unpaired) electrons. The van der Waals surface area contributed by atoms with Gasteiger partial charge in [0.05, 0.1) is 7.11 Å². The predicted molar refractivity (Wildman–Crippen MR) is 124 cm³/mol. The van der Waals surface area contributed by atoms with Crippen molar-refractivity contribution in [2.75, 3.05) is 7.11 Å². The van der Waals surface area contributed by atoms with Crippen LogP contribution in [0, 0.1) is 0 Å². The number of hydrogen-bond donors (Lipinski definition) is 1. The molecule has 3 aromatic rings. The van der Waals surface area contributed by atoms with Crippen molar-refractivity contribution < 1.29 is 19.4 Å². The van der Waals surface area contributed by atoms with E-state index < -0.39 is 17.7 Å². The highest BCUT2D eigenvalue weighted by Gasteiger charge is 2.32. The van der Waals surface area contributed by atoms with E-state index in [4.69, 9.17) is 9.47 Å². The van der Waals surface area contributed by atoms with Crippen LogP contribution in [-0.4, -0.2) is 23.8 Å². The molecular weight excluding hydrogens is 388 g/mol. The Bertz CT molecular complexity index is 1060. The molecular formula is C27H28O4. The van der Waals surface area contributed by atoms with Crippen molar-refractivity contribution in [3.05, 3.63) is 90.5 Å². The van der Waals surface area contributed by atoms with Gasteiger partial charge >= 0.3 is 5.97 Å². The largest absolute Gasteiger partial charge is 0.497 e. The third-order valence-corrected chi connectivity index (χ3v) is 5.05. The fourth-order valence-electron chi connectivity index (χ4n) is 3.34. The molecule has 0 spiro atoms. The van der Waals surface area contributed by atoms with Gasteiger partial charge < -0.3 is 14.6 Å². The van der Waals surface area contributed by atoms with E-state index in [1.165, 1.54) is 0 Å². The minimum Gasteiger partial charge on any atom is -0.497 e. The van der Waals surface area contributed by atoms with E-state index in [9.17, 15) is 9.90 Å². The molecule has 3 rings (SSSR count). The lowest BCUT2D eigenvalue weighted by atomic mass is 9.92. The standard InChI is InChI=1S/C27H28O4/c1-18(2)26(28)31-25(27(3,4)29)21-11-9-19(10-12-21)22-7-6-8-23(17-22)20-13-15-24(30-5)16-14-20/h6-17,25,29H,1H2,2-5H3. The van der Waals surface area contributed by atoms with Crippen LogP contribution in [0.3, 0.4) is 0 Å².